The number of aliphatic hydroxyl groups is 2. The molecule has 0 unspecified atom stereocenters. The number of aliphatic hydroxyl groups excluding tert-OH is 2. The summed E-state index contributed by atoms with van der Waals surface area (Å²) in [5.41, 5.74) is -0.532. The lowest BCUT2D eigenvalue weighted by molar-refractivity contribution is -0.177. The van der Waals surface area contributed by atoms with Crippen LogP contribution in [0.15, 0.2) is 0 Å². The summed E-state index contributed by atoms with van der Waals surface area (Å²) < 4.78 is 18.1. The van der Waals surface area contributed by atoms with Crippen molar-refractivity contribution in [2.75, 3.05) is 19.8 Å². The molecule has 0 spiro atoms. The lowest BCUT2D eigenvalue weighted by Crippen LogP contribution is -2.65. The van der Waals surface area contributed by atoms with Gasteiger partial charge < -0.3 is 29.7 Å². The van der Waals surface area contributed by atoms with Gasteiger partial charge in [0.25, 0.3) is 0 Å². The average molecular weight is 447 g/mol. The number of thioether (sulfide) groups is 1. The van der Waals surface area contributed by atoms with E-state index >= 15 is 0 Å². The molecule has 3 rings (SSSR count). The van der Waals surface area contributed by atoms with E-state index in [1.54, 1.807) is 20.8 Å². The minimum atomic E-state index is -0.877. The summed E-state index contributed by atoms with van der Waals surface area (Å²) in [6.07, 6.45) is 1.35. The zero-order chi connectivity index (χ0) is 22.2. The Morgan fingerprint density at radius 1 is 1.33 bits per heavy atom. The van der Waals surface area contributed by atoms with E-state index in [1.807, 2.05) is 13.3 Å². The van der Waals surface area contributed by atoms with Crippen molar-refractivity contribution < 1.29 is 29.2 Å². The molecule has 9 heteroatoms. The number of rotatable bonds is 7. The van der Waals surface area contributed by atoms with Crippen LogP contribution in [0.1, 0.15) is 47.0 Å². The van der Waals surface area contributed by atoms with Gasteiger partial charge in [-0.3, -0.25) is 9.69 Å². The molecule has 3 fully saturated rings. The second-order valence-corrected chi connectivity index (χ2v) is 10.3. The number of hydrogen-bond acceptors (Lipinski definition) is 8. The van der Waals surface area contributed by atoms with E-state index in [4.69, 9.17) is 14.2 Å². The van der Waals surface area contributed by atoms with Crippen LogP contribution in [0.4, 0.5) is 0 Å². The summed E-state index contributed by atoms with van der Waals surface area (Å²) in [6.45, 7) is 8.29. The number of carbonyl (C=O) groups excluding carboxylic acids is 1. The van der Waals surface area contributed by atoms with E-state index in [2.05, 4.69) is 17.1 Å². The number of likely N-dealkylation sites (N-methyl/N-ethyl adjacent to an activating group) is 1. The van der Waals surface area contributed by atoms with E-state index in [0.717, 1.165) is 25.8 Å². The fraction of sp³-hybridized carbons (Fsp3) is 0.952. The van der Waals surface area contributed by atoms with Crippen molar-refractivity contribution in [3.63, 3.8) is 0 Å². The first-order chi connectivity index (χ1) is 14.1. The molecule has 8 nitrogen and oxygen atoms in total. The molecule has 3 aliphatic rings. The van der Waals surface area contributed by atoms with Crippen molar-refractivity contribution in [2.24, 2.45) is 5.92 Å². The maximum absolute atomic E-state index is 13.2. The molecular formula is C21H38N2O6S. The number of ether oxygens (including phenoxy) is 3. The quantitative estimate of drug-likeness (QED) is 0.531. The average Bonchev–Trinajstić information content (AvgIpc) is 3.19. The largest absolute Gasteiger partial charge is 0.391 e. The third-order valence-corrected chi connectivity index (χ3v) is 7.30. The van der Waals surface area contributed by atoms with Crippen molar-refractivity contribution in [1.82, 2.24) is 10.2 Å². The van der Waals surface area contributed by atoms with E-state index in [0.29, 0.717) is 5.92 Å². The van der Waals surface area contributed by atoms with Crippen LogP contribution in [0, 0.1) is 5.92 Å². The molecule has 3 N–H and O–H groups in total. The molecule has 3 aliphatic heterocycles. The van der Waals surface area contributed by atoms with E-state index in [-0.39, 0.29) is 11.9 Å². The minimum absolute atomic E-state index is 0.104. The van der Waals surface area contributed by atoms with Gasteiger partial charge in [0.2, 0.25) is 5.91 Å². The predicted molar refractivity (Wildman–Crippen MR) is 115 cm³/mol. The Bertz CT molecular complexity index is 606. The molecule has 30 heavy (non-hydrogen) atoms. The number of carbonyl (C=O) groups is 1. The van der Waals surface area contributed by atoms with E-state index in [1.165, 1.54) is 11.8 Å². The van der Waals surface area contributed by atoms with Crippen molar-refractivity contribution in [3.8, 4) is 0 Å². The SMILES string of the molecule is CCC[C@@H]1C[C@H](C(=O)N[C@@H]([C@H]2O[C@H](SC)[C@@H](O)[C@@H]3OC(C)(C)O[C@@H]23)[C@@H](C)O)N(C)C1. The Balaban J connectivity index is 1.77. The molecule has 0 aliphatic carbocycles. The lowest BCUT2D eigenvalue weighted by atomic mass is 9.92. The normalized spacial score (nSPS) is 40.7. The number of nitrogens with one attached hydrogen (secondary N) is 1. The van der Waals surface area contributed by atoms with E-state index in [9.17, 15) is 15.0 Å². The van der Waals surface area contributed by atoms with Crippen molar-refractivity contribution >= 4 is 17.7 Å². The number of fused-ring (bicyclic) bond motifs is 1. The standard InChI is InChI=1S/C21H38N2O6S/c1-7-8-12-9-13(23(5)10-12)19(26)22-14(11(2)24)16-18-17(28-21(3,4)29-18)15(25)20(27-16)30-6/h11-18,20,24-25H,7-10H2,1-6H3,(H,22,26)/t11-,12-,13-,14-,15+,16-,17+,18+,20-/m1/s1. The summed E-state index contributed by atoms with van der Waals surface area (Å²) in [7, 11) is 1.97. The Kier molecular flexibility index (Phi) is 7.75. The molecule has 174 valence electrons. The van der Waals surface area contributed by atoms with Crippen LogP contribution in [-0.4, -0.2) is 94.7 Å². The van der Waals surface area contributed by atoms with Gasteiger partial charge in [0.15, 0.2) is 5.79 Å². The van der Waals surface area contributed by atoms with Gasteiger partial charge in [-0.1, -0.05) is 13.3 Å². The third kappa shape index (κ3) is 4.98. The van der Waals surface area contributed by atoms with Crippen LogP contribution in [0.5, 0.6) is 0 Å². The number of nitrogens with zero attached hydrogens (tertiary/aromatic N) is 1. The highest BCUT2D eigenvalue weighted by atomic mass is 32.2. The second-order valence-electron chi connectivity index (χ2n) is 9.38. The first kappa shape index (κ1) is 24.2. The van der Waals surface area contributed by atoms with Crippen LogP contribution in [0.25, 0.3) is 0 Å². The summed E-state index contributed by atoms with van der Waals surface area (Å²) in [5.74, 6) is -0.469. The van der Waals surface area contributed by atoms with Crippen molar-refractivity contribution in [2.45, 2.75) is 101 Å². The van der Waals surface area contributed by atoms with Crippen LogP contribution in [0.3, 0.4) is 0 Å². The summed E-state index contributed by atoms with van der Waals surface area (Å²) in [6, 6.07) is -0.899. The molecule has 0 aromatic carbocycles. The first-order valence-corrected chi connectivity index (χ1v) is 12.3. The van der Waals surface area contributed by atoms with Crippen LogP contribution in [0.2, 0.25) is 0 Å². The monoisotopic (exact) mass is 446 g/mol. The van der Waals surface area contributed by atoms with Gasteiger partial charge in [0.1, 0.15) is 29.9 Å². The highest BCUT2D eigenvalue weighted by Crippen LogP contribution is 2.41. The van der Waals surface area contributed by atoms with Crippen LogP contribution >= 0.6 is 11.8 Å². The highest BCUT2D eigenvalue weighted by molar-refractivity contribution is 7.99. The number of amides is 1. The maximum atomic E-state index is 13.2. The van der Waals surface area contributed by atoms with Crippen molar-refractivity contribution in [3.05, 3.63) is 0 Å². The predicted octanol–water partition coefficient (Wildman–Crippen LogP) is 0.941. The van der Waals surface area contributed by atoms with Gasteiger partial charge in [-0.2, -0.15) is 0 Å². The Hall–Kier alpha value is -0.420. The van der Waals surface area contributed by atoms with Crippen molar-refractivity contribution in [1.29, 1.82) is 0 Å². The molecule has 1 amide bonds. The van der Waals surface area contributed by atoms with Gasteiger partial charge >= 0.3 is 0 Å². The zero-order valence-electron chi connectivity index (χ0n) is 18.9. The highest BCUT2D eigenvalue weighted by Gasteiger charge is 2.57. The van der Waals surface area contributed by atoms with Gasteiger partial charge in [0.05, 0.1) is 18.2 Å². The molecule has 0 saturated carbocycles. The van der Waals surface area contributed by atoms with Gasteiger partial charge in [-0.05, 0) is 52.8 Å². The summed E-state index contributed by atoms with van der Waals surface area (Å²) in [4.78, 5) is 15.2. The first-order valence-electron chi connectivity index (χ1n) is 11.0. The lowest BCUT2D eigenvalue weighted by Gasteiger charge is -2.43. The molecule has 0 bridgehead atoms. The zero-order valence-corrected chi connectivity index (χ0v) is 19.7. The van der Waals surface area contributed by atoms with Gasteiger partial charge in [-0.15, -0.1) is 11.8 Å². The number of likely N-dealkylation sites (tertiary alicyclic amines) is 1. The fourth-order valence-corrected chi connectivity index (χ4v) is 5.73. The number of hydrogen-bond donors (Lipinski definition) is 3. The molecule has 0 aromatic heterocycles. The molecule has 0 radical (unpaired) electrons. The Morgan fingerprint density at radius 3 is 2.60 bits per heavy atom. The minimum Gasteiger partial charge on any atom is -0.391 e. The fourth-order valence-electron chi connectivity index (χ4n) is 5.05. The Morgan fingerprint density at radius 2 is 2.00 bits per heavy atom. The topological polar surface area (TPSA) is 100 Å². The third-order valence-electron chi connectivity index (χ3n) is 6.44. The summed E-state index contributed by atoms with van der Waals surface area (Å²) >= 11 is 1.38. The molecule has 9 atom stereocenters. The maximum Gasteiger partial charge on any atom is 0.237 e. The second kappa shape index (κ2) is 9.60. The Labute approximate surface area is 184 Å². The van der Waals surface area contributed by atoms with Gasteiger partial charge in [0, 0.05) is 6.54 Å². The molecule has 0 aromatic rings. The van der Waals surface area contributed by atoms with Crippen LogP contribution in [-0.2, 0) is 19.0 Å². The molecule has 3 saturated heterocycles. The van der Waals surface area contributed by atoms with Crippen LogP contribution < -0.4 is 5.32 Å². The summed E-state index contributed by atoms with van der Waals surface area (Å²) in [5, 5.41) is 24.3. The van der Waals surface area contributed by atoms with E-state index < -0.39 is 47.8 Å². The molecule has 3 heterocycles. The molecular weight excluding hydrogens is 408 g/mol. The smallest absolute Gasteiger partial charge is 0.237 e. The van der Waals surface area contributed by atoms with Gasteiger partial charge in [-0.25, -0.2) is 0 Å².